The van der Waals surface area contributed by atoms with Gasteiger partial charge in [0.1, 0.15) is 22.3 Å². The van der Waals surface area contributed by atoms with Crippen molar-refractivity contribution < 1.29 is 17.2 Å². The molecule has 0 aliphatic carbocycles. The first-order valence-electron chi connectivity index (χ1n) is 9.38. The molecule has 0 spiro atoms. The molecule has 1 heterocycles. The maximum atomic E-state index is 14.0. The normalized spacial score (nSPS) is 11.1. The van der Waals surface area contributed by atoms with E-state index in [1.807, 2.05) is 0 Å². The van der Waals surface area contributed by atoms with E-state index in [0.717, 1.165) is 10.7 Å². The predicted octanol–water partition coefficient (Wildman–Crippen LogP) is 4.61. The highest BCUT2D eigenvalue weighted by Crippen LogP contribution is 2.30. The summed E-state index contributed by atoms with van der Waals surface area (Å²) in [6, 6.07) is 16.0. The van der Waals surface area contributed by atoms with Gasteiger partial charge in [0.2, 0.25) is 0 Å². The molecule has 0 saturated heterocycles. The molecule has 32 heavy (non-hydrogen) atoms. The third-order valence-electron chi connectivity index (χ3n) is 4.84. The average Bonchev–Trinajstić information content (AvgIpc) is 2.76. The summed E-state index contributed by atoms with van der Waals surface area (Å²) in [7, 11) is -2.57. The number of halogens is 3. The minimum Gasteiger partial charge on any atom is -0.267 e. The van der Waals surface area contributed by atoms with E-state index in [4.69, 9.17) is 11.6 Å². The number of hydrogen-bond acceptors (Lipinski definition) is 4. The molecule has 0 amide bonds. The molecule has 162 valence electrons. The molecule has 4 aromatic rings. The smallest absolute Gasteiger partial charge is 0.267 e. The topological polar surface area (TPSA) is 69.0 Å². The van der Waals surface area contributed by atoms with Gasteiger partial charge >= 0.3 is 0 Å². The molecule has 0 atom stereocenters. The predicted molar refractivity (Wildman–Crippen MR) is 120 cm³/mol. The zero-order valence-electron chi connectivity index (χ0n) is 16.3. The van der Waals surface area contributed by atoms with Crippen LogP contribution in [0.1, 0.15) is 5.56 Å². The SMILES string of the molecule is O=c1c(-c2ccc(F)cc2)c(-c2ccc(C[SH](=O)=O)cc2)cnn1-c1ccc(Cl)c(F)c1. The van der Waals surface area contributed by atoms with Crippen molar-refractivity contribution in [1.82, 2.24) is 9.78 Å². The fourth-order valence-corrected chi connectivity index (χ4v) is 3.93. The molecule has 0 fully saturated rings. The second-order valence-corrected chi connectivity index (χ2v) is 8.33. The summed E-state index contributed by atoms with van der Waals surface area (Å²) in [5, 5.41) is 4.11. The zero-order valence-corrected chi connectivity index (χ0v) is 18.0. The molecule has 0 N–H and O–H groups in total. The maximum absolute atomic E-state index is 14.0. The average molecular weight is 473 g/mol. The van der Waals surface area contributed by atoms with Crippen molar-refractivity contribution in [1.29, 1.82) is 0 Å². The summed E-state index contributed by atoms with van der Waals surface area (Å²) in [6.45, 7) is 0. The van der Waals surface area contributed by atoms with Gasteiger partial charge in [-0.3, -0.25) is 4.79 Å². The lowest BCUT2D eigenvalue weighted by atomic mass is 9.96. The molecule has 3 aromatic carbocycles. The third kappa shape index (κ3) is 4.46. The van der Waals surface area contributed by atoms with Crippen molar-refractivity contribution in [3.63, 3.8) is 0 Å². The van der Waals surface area contributed by atoms with Crippen LogP contribution >= 0.6 is 11.6 Å². The first kappa shape index (κ1) is 21.9. The molecule has 0 bridgehead atoms. The van der Waals surface area contributed by atoms with E-state index in [9.17, 15) is 22.0 Å². The zero-order chi connectivity index (χ0) is 22.8. The summed E-state index contributed by atoms with van der Waals surface area (Å²) in [6.07, 6.45) is 1.45. The van der Waals surface area contributed by atoms with E-state index >= 15 is 0 Å². The Morgan fingerprint density at radius 3 is 2.19 bits per heavy atom. The minimum absolute atomic E-state index is 0.0860. The van der Waals surface area contributed by atoms with Crippen molar-refractivity contribution in [3.8, 4) is 27.9 Å². The van der Waals surface area contributed by atoms with Crippen molar-refractivity contribution >= 4 is 22.3 Å². The molecule has 0 saturated carbocycles. The van der Waals surface area contributed by atoms with Gasteiger partial charge in [-0.1, -0.05) is 48.0 Å². The molecule has 1 aromatic heterocycles. The Hall–Kier alpha value is -3.36. The number of hydrogen-bond donors (Lipinski definition) is 1. The van der Waals surface area contributed by atoms with Crippen LogP contribution in [0.5, 0.6) is 0 Å². The summed E-state index contributed by atoms with van der Waals surface area (Å²) in [4.78, 5) is 13.4. The number of nitrogens with zero attached hydrogens (tertiary/aromatic N) is 2. The van der Waals surface area contributed by atoms with Gasteiger partial charge in [-0.05, 0) is 41.0 Å². The molecular formula is C23H15ClF2N2O3S. The second kappa shape index (κ2) is 9.02. The second-order valence-electron chi connectivity index (χ2n) is 6.94. The van der Waals surface area contributed by atoms with Crippen molar-refractivity contribution in [2.75, 3.05) is 0 Å². The van der Waals surface area contributed by atoms with Crippen LogP contribution in [0.15, 0.2) is 77.7 Å². The molecular weight excluding hydrogens is 458 g/mol. The van der Waals surface area contributed by atoms with Crippen molar-refractivity contribution in [2.24, 2.45) is 0 Å². The molecule has 0 aliphatic heterocycles. The first-order chi connectivity index (χ1) is 15.3. The fourth-order valence-electron chi connectivity index (χ4n) is 3.31. The van der Waals surface area contributed by atoms with Crippen LogP contribution in [0.25, 0.3) is 27.9 Å². The van der Waals surface area contributed by atoms with Crippen LogP contribution in [0, 0.1) is 11.6 Å². The molecule has 0 radical (unpaired) electrons. The van der Waals surface area contributed by atoms with E-state index in [1.165, 1.54) is 42.6 Å². The van der Waals surface area contributed by atoms with E-state index < -0.39 is 27.9 Å². The van der Waals surface area contributed by atoms with Gasteiger partial charge in [0.15, 0.2) is 0 Å². The van der Waals surface area contributed by atoms with Gasteiger partial charge in [0.25, 0.3) is 5.56 Å². The van der Waals surface area contributed by atoms with Gasteiger partial charge < -0.3 is 0 Å². The van der Waals surface area contributed by atoms with Crippen molar-refractivity contribution in [3.05, 3.63) is 106 Å². The van der Waals surface area contributed by atoms with Gasteiger partial charge in [0.05, 0.1) is 28.2 Å². The highest BCUT2D eigenvalue weighted by molar-refractivity contribution is 7.71. The molecule has 4 rings (SSSR count). The Kier molecular flexibility index (Phi) is 6.16. The Morgan fingerprint density at radius 1 is 0.906 bits per heavy atom. The van der Waals surface area contributed by atoms with E-state index in [1.54, 1.807) is 24.3 Å². The standard InChI is InChI=1S/C23H15ClF2N2O3S/c24-20-10-9-18(11-21(20)26)28-23(29)22(16-5-7-17(25)8-6-16)19(12-27-28)15-3-1-14(2-4-15)13-32(30)31/h1-12,32H,13H2. The van der Waals surface area contributed by atoms with Crippen LogP contribution in [-0.4, -0.2) is 18.2 Å². The lowest BCUT2D eigenvalue weighted by Crippen LogP contribution is -2.23. The number of rotatable bonds is 5. The van der Waals surface area contributed by atoms with Gasteiger partial charge in [-0.15, -0.1) is 0 Å². The highest BCUT2D eigenvalue weighted by atomic mass is 35.5. The van der Waals surface area contributed by atoms with Crippen LogP contribution < -0.4 is 5.56 Å². The summed E-state index contributed by atoms with van der Waals surface area (Å²) < 4.78 is 50.5. The summed E-state index contributed by atoms with van der Waals surface area (Å²) in [5.41, 5.74) is 2.01. The molecule has 5 nitrogen and oxygen atoms in total. The highest BCUT2D eigenvalue weighted by Gasteiger charge is 2.17. The van der Waals surface area contributed by atoms with Crippen LogP contribution in [0.3, 0.4) is 0 Å². The largest absolute Gasteiger partial charge is 0.280 e. The van der Waals surface area contributed by atoms with E-state index in [-0.39, 0.29) is 22.0 Å². The Labute approximate surface area is 188 Å². The van der Waals surface area contributed by atoms with Gasteiger partial charge in [-0.2, -0.15) is 9.78 Å². The first-order valence-corrected chi connectivity index (χ1v) is 11.1. The fraction of sp³-hybridized carbons (Fsp3) is 0.0435. The van der Waals surface area contributed by atoms with Crippen LogP contribution in [0.4, 0.5) is 8.78 Å². The molecule has 0 aliphatic rings. The van der Waals surface area contributed by atoms with Crippen LogP contribution in [0.2, 0.25) is 5.02 Å². The number of thiol groups is 1. The summed E-state index contributed by atoms with van der Waals surface area (Å²) >= 11 is 5.74. The quantitative estimate of drug-likeness (QED) is 0.431. The third-order valence-corrected chi connectivity index (χ3v) is 5.77. The summed E-state index contributed by atoms with van der Waals surface area (Å²) in [5.74, 6) is -1.25. The van der Waals surface area contributed by atoms with E-state index in [2.05, 4.69) is 5.10 Å². The van der Waals surface area contributed by atoms with Crippen LogP contribution in [-0.2, 0) is 16.5 Å². The Balaban J connectivity index is 1.92. The Morgan fingerprint density at radius 2 is 1.56 bits per heavy atom. The minimum atomic E-state index is -2.57. The maximum Gasteiger partial charge on any atom is 0.280 e. The number of benzene rings is 3. The monoisotopic (exact) mass is 472 g/mol. The lowest BCUT2D eigenvalue weighted by Gasteiger charge is -2.13. The molecule has 9 heteroatoms. The van der Waals surface area contributed by atoms with Crippen molar-refractivity contribution in [2.45, 2.75) is 5.75 Å². The van der Waals surface area contributed by atoms with Gasteiger partial charge in [0, 0.05) is 11.6 Å². The van der Waals surface area contributed by atoms with Gasteiger partial charge in [-0.25, -0.2) is 17.2 Å². The number of aromatic nitrogens is 2. The lowest BCUT2D eigenvalue weighted by molar-refractivity contribution is 0.614. The van der Waals surface area contributed by atoms with E-state index in [0.29, 0.717) is 22.3 Å². The molecule has 0 unspecified atom stereocenters. The Bertz CT molecular complexity index is 1430.